The first-order valence-corrected chi connectivity index (χ1v) is 10.5. The number of hydrogen-bond acceptors (Lipinski definition) is 4. The third kappa shape index (κ3) is 3.54. The first-order chi connectivity index (χ1) is 14.6. The summed E-state index contributed by atoms with van der Waals surface area (Å²) in [7, 11) is 0. The summed E-state index contributed by atoms with van der Waals surface area (Å²) in [6.07, 6.45) is 3.83. The Morgan fingerprint density at radius 3 is 2.57 bits per heavy atom. The monoisotopic (exact) mass is 462 g/mol. The number of aryl methyl sites for hydroxylation is 1. The number of carbonyl (C=O) groups is 1. The van der Waals surface area contributed by atoms with Crippen LogP contribution < -0.4 is 5.32 Å². The molecule has 5 rings (SSSR count). The minimum atomic E-state index is -0.255. The number of amides is 1. The second-order valence-corrected chi connectivity index (χ2v) is 8.29. The van der Waals surface area contributed by atoms with Gasteiger partial charge in [-0.05, 0) is 68.3 Å². The Hall–Kier alpha value is -3.26. The molecule has 0 radical (unpaired) electrons. The fourth-order valence-electron chi connectivity index (χ4n) is 3.49. The Balaban J connectivity index is 1.45. The molecule has 0 saturated heterocycles. The number of benzene rings is 2. The molecule has 1 saturated carbocycles. The molecule has 1 aliphatic rings. The number of hydrogen-bond donors (Lipinski definition) is 1. The van der Waals surface area contributed by atoms with Crippen molar-refractivity contribution in [2.75, 3.05) is 5.32 Å². The Labute approximate surface area is 181 Å². The Morgan fingerprint density at radius 2 is 1.87 bits per heavy atom. The third-order valence-corrected chi connectivity index (χ3v) is 5.66. The van der Waals surface area contributed by atoms with Gasteiger partial charge in [-0.3, -0.25) is 4.79 Å². The van der Waals surface area contributed by atoms with Gasteiger partial charge in [0, 0.05) is 28.0 Å². The van der Waals surface area contributed by atoms with Gasteiger partial charge >= 0.3 is 0 Å². The average Bonchev–Trinajstić information content (AvgIpc) is 3.33. The minimum Gasteiger partial charge on any atom is -0.320 e. The van der Waals surface area contributed by atoms with Gasteiger partial charge in [0.25, 0.3) is 5.91 Å². The van der Waals surface area contributed by atoms with Crippen molar-refractivity contribution in [2.45, 2.75) is 25.7 Å². The SMILES string of the molecule is Cc1ccnn1-c1cccc(NC(=O)c2nnn(-c3ccc(Br)cc3)c2C2CC2)c1. The fourth-order valence-corrected chi connectivity index (χ4v) is 3.76. The molecule has 4 aromatic rings. The normalized spacial score (nSPS) is 13.4. The van der Waals surface area contributed by atoms with Crippen LogP contribution >= 0.6 is 15.9 Å². The molecule has 1 aliphatic carbocycles. The van der Waals surface area contributed by atoms with E-state index in [1.54, 1.807) is 10.9 Å². The van der Waals surface area contributed by atoms with Gasteiger partial charge in [-0.15, -0.1) is 5.10 Å². The van der Waals surface area contributed by atoms with Crippen LogP contribution in [0.15, 0.2) is 65.3 Å². The highest BCUT2D eigenvalue weighted by Gasteiger charge is 2.34. The van der Waals surface area contributed by atoms with Gasteiger partial charge < -0.3 is 5.32 Å². The van der Waals surface area contributed by atoms with E-state index < -0.39 is 0 Å². The van der Waals surface area contributed by atoms with E-state index in [0.717, 1.165) is 40.1 Å². The van der Waals surface area contributed by atoms with Crippen LogP contribution in [0.25, 0.3) is 11.4 Å². The maximum atomic E-state index is 13.1. The maximum absolute atomic E-state index is 13.1. The van der Waals surface area contributed by atoms with Crippen LogP contribution in [0.5, 0.6) is 0 Å². The molecular formula is C22H19BrN6O. The minimum absolute atomic E-state index is 0.255. The van der Waals surface area contributed by atoms with Crippen molar-refractivity contribution in [3.63, 3.8) is 0 Å². The number of anilines is 1. The first-order valence-electron chi connectivity index (χ1n) is 9.74. The van der Waals surface area contributed by atoms with Gasteiger partial charge in [-0.1, -0.05) is 27.2 Å². The van der Waals surface area contributed by atoms with E-state index in [4.69, 9.17) is 0 Å². The Kier molecular flexibility index (Phi) is 4.71. The lowest BCUT2D eigenvalue weighted by atomic mass is 10.2. The summed E-state index contributed by atoms with van der Waals surface area (Å²) in [4.78, 5) is 13.1. The van der Waals surface area contributed by atoms with Gasteiger partial charge in [-0.2, -0.15) is 5.10 Å². The van der Waals surface area contributed by atoms with E-state index in [2.05, 4.69) is 36.7 Å². The predicted molar refractivity (Wildman–Crippen MR) is 117 cm³/mol. The van der Waals surface area contributed by atoms with Crippen molar-refractivity contribution in [1.29, 1.82) is 0 Å². The van der Waals surface area contributed by atoms with E-state index in [0.29, 0.717) is 17.3 Å². The van der Waals surface area contributed by atoms with Gasteiger partial charge in [0.05, 0.1) is 17.1 Å². The number of nitrogens with zero attached hydrogens (tertiary/aromatic N) is 5. The molecule has 0 unspecified atom stereocenters. The highest BCUT2D eigenvalue weighted by Crippen LogP contribution is 2.42. The molecule has 30 heavy (non-hydrogen) atoms. The lowest BCUT2D eigenvalue weighted by molar-refractivity contribution is 0.102. The van der Waals surface area contributed by atoms with Gasteiger partial charge in [-0.25, -0.2) is 9.36 Å². The van der Waals surface area contributed by atoms with Gasteiger partial charge in [0.15, 0.2) is 5.69 Å². The maximum Gasteiger partial charge on any atom is 0.278 e. The summed E-state index contributed by atoms with van der Waals surface area (Å²) in [6.45, 7) is 1.99. The highest BCUT2D eigenvalue weighted by molar-refractivity contribution is 9.10. The Bertz CT molecular complexity index is 1220. The first kappa shape index (κ1) is 18.7. The summed E-state index contributed by atoms with van der Waals surface area (Å²) < 4.78 is 4.60. The van der Waals surface area contributed by atoms with Gasteiger partial charge in [0.2, 0.25) is 0 Å². The van der Waals surface area contributed by atoms with Crippen LogP contribution in [0.4, 0.5) is 5.69 Å². The van der Waals surface area contributed by atoms with E-state index in [1.807, 2.05) is 66.2 Å². The molecule has 8 heteroatoms. The molecule has 150 valence electrons. The van der Waals surface area contributed by atoms with E-state index in [-0.39, 0.29) is 5.91 Å². The summed E-state index contributed by atoms with van der Waals surface area (Å²) in [5.74, 6) is 0.0528. The van der Waals surface area contributed by atoms with Crippen molar-refractivity contribution in [3.05, 3.63) is 82.3 Å². The zero-order chi connectivity index (χ0) is 20.7. The molecule has 2 aromatic carbocycles. The topological polar surface area (TPSA) is 77.6 Å². The van der Waals surface area contributed by atoms with Crippen LogP contribution in [-0.2, 0) is 0 Å². The summed E-state index contributed by atoms with van der Waals surface area (Å²) in [5.41, 5.74) is 4.73. The number of rotatable bonds is 5. The second kappa shape index (κ2) is 7.53. The van der Waals surface area contributed by atoms with Gasteiger partial charge in [0.1, 0.15) is 0 Å². The lowest BCUT2D eigenvalue weighted by Crippen LogP contribution is -2.15. The average molecular weight is 463 g/mol. The molecule has 1 fully saturated rings. The Morgan fingerprint density at radius 1 is 1.07 bits per heavy atom. The molecule has 0 bridgehead atoms. The molecule has 7 nitrogen and oxygen atoms in total. The van der Waals surface area contributed by atoms with Crippen LogP contribution in [0, 0.1) is 6.92 Å². The zero-order valence-electron chi connectivity index (χ0n) is 16.3. The van der Waals surface area contributed by atoms with Crippen LogP contribution in [0.2, 0.25) is 0 Å². The van der Waals surface area contributed by atoms with Crippen molar-refractivity contribution in [1.82, 2.24) is 24.8 Å². The van der Waals surface area contributed by atoms with Crippen LogP contribution in [0.3, 0.4) is 0 Å². The molecule has 0 atom stereocenters. The van der Waals surface area contributed by atoms with Crippen LogP contribution in [0.1, 0.15) is 40.6 Å². The number of nitrogens with one attached hydrogen (secondary N) is 1. The third-order valence-electron chi connectivity index (χ3n) is 5.14. The smallest absolute Gasteiger partial charge is 0.278 e. The van der Waals surface area contributed by atoms with Crippen molar-refractivity contribution in [3.8, 4) is 11.4 Å². The molecule has 0 aliphatic heterocycles. The summed E-state index contributed by atoms with van der Waals surface area (Å²) in [5, 5.41) is 15.8. The lowest BCUT2D eigenvalue weighted by Gasteiger charge is -2.10. The molecule has 1 amide bonds. The number of halogens is 1. The van der Waals surface area contributed by atoms with E-state index >= 15 is 0 Å². The molecule has 2 heterocycles. The molecule has 2 aromatic heterocycles. The standard InChI is InChI=1S/C22H19BrN6O/c1-14-11-12-24-28(14)19-4-2-3-17(13-19)25-22(30)20-21(15-5-6-15)29(27-26-20)18-9-7-16(23)8-10-18/h2-4,7-13,15H,5-6H2,1H3,(H,25,30). The summed E-state index contributed by atoms with van der Waals surface area (Å²) >= 11 is 3.45. The van der Waals surface area contributed by atoms with Crippen molar-refractivity contribution in [2.24, 2.45) is 0 Å². The molecule has 1 N–H and O–H groups in total. The fraction of sp³-hybridized carbons (Fsp3) is 0.182. The highest BCUT2D eigenvalue weighted by atomic mass is 79.9. The van der Waals surface area contributed by atoms with E-state index in [1.165, 1.54) is 0 Å². The van der Waals surface area contributed by atoms with Crippen molar-refractivity contribution < 1.29 is 4.79 Å². The number of aromatic nitrogens is 5. The van der Waals surface area contributed by atoms with Crippen molar-refractivity contribution >= 4 is 27.5 Å². The zero-order valence-corrected chi connectivity index (χ0v) is 17.9. The van der Waals surface area contributed by atoms with E-state index in [9.17, 15) is 4.79 Å². The predicted octanol–water partition coefficient (Wildman–Crippen LogP) is 4.65. The number of carbonyl (C=O) groups excluding carboxylic acids is 1. The largest absolute Gasteiger partial charge is 0.320 e. The quantitative estimate of drug-likeness (QED) is 0.467. The summed E-state index contributed by atoms with van der Waals surface area (Å²) in [6, 6.07) is 17.4. The molecular weight excluding hydrogens is 444 g/mol. The second-order valence-electron chi connectivity index (χ2n) is 7.37. The van der Waals surface area contributed by atoms with Crippen LogP contribution in [-0.4, -0.2) is 30.7 Å². The molecule has 0 spiro atoms.